The Morgan fingerprint density at radius 1 is 1.50 bits per heavy atom. The van der Waals surface area contributed by atoms with Crippen molar-refractivity contribution < 1.29 is 9.63 Å². The largest absolute Gasteiger partial charge is 0.396 e. The van der Waals surface area contributed by atoms with E-state index in [0.29, 0.717) is 17.4 Å². The highest BCUT2D eigenvalue weighted by molar-refractivity contribution is 7.98. The van der Waals surface area contributed by atoms with Crippen LogP contribution < -0.4 is 0 Å². The van der Waals surface area contributed by atoms with Crippen LogP contribution in [0.2, 0.25) is 0 Å². The molecule has 0 aliphatic rings. The zero-order valence-corrected chi connectivity index (χ0v) is 9.22. The van der Waals surface area contributed by atoms with Gasteiger partial charge in [-0.2, -0.15) is 4.98 Å². The second kappa shape index (κ2) is 6.84. The van der Waals surface area contributed by atoms with E-state index < -0.39 is 0 Å². The van der Waals surface area contributed by atoms with Gasteiger partial charge in [0.15, 0.2) is 5.82 Å². The lowest BCUT2D eigenvalue weighted by atomic mass is 10.2. The maximum absolute atomic E-state index is 8.58. The maximum Gasteiger partial charge on any atom is 0.236 e. The van der Waals surface area contributed by atoms with E-state index in [0.717, 1.165) is 25.1 Å². The Hall–Kier alpha value is -0.550. The van der Waals surface area contributed by atoms with E-state index in [2.05, 4.69) is 17.1 Å². The van der Waals surface area contributed by atoms with Crippen molar-refractivity contribution >= 4 is 11.8 Å². The van der Waals surface area contributed by atoms with Gasteiger partial charge in [-0.05, 0) is 6.42 Å². The molecule has 0 aliphatic heterocycles. The molecule has 80 valence electrons. The summed E-state index contributed by atoms with van der Waals surface area (Å²) in [7, 11) is 0. The third-order valence-corrected chi connectivity index (χ3v) is 2.65. The Morgan fingerprint density at radius 3 is 3.07 bits per heavy atom. The van der Waals surface area contributed by atoms with E-state index >= 15 is 0 Å². The molecule has 1 rings (SSSR count). The standard InChI is InChI=1S/C9H16N2O2S/c1-2-3-4-8-10-9(13-11-8)7-14-6-5-12/h12H,2-7H2,1H3. The molecule has 5 heteroatoms. The van der Waals surface area contributed by atoms with Crippen LogP contribution in [0, 0.1) is 0 Å². The Kier molecular flexibility index (Phi) is 5.63. The summed E-state index contributed by atoms with van der Waals surface area (Å²) in [6.07, 6.45) is 3.14. The van der Waals surface area contributed by atoms with E-state index in [1.165, 1.54) is 0 Å². The number of unbranched alkanes of at least 4 members (excludes halogenated alkanes) is 1. The summed E-state index contributed by atoms with van der Waals surface area (Å²) < 4.78 is 5.04. The van der Waals surface area contributed by atoms with Gasteiger partial charge in [0.1, 0.15) is 0 Å². The molecule has 0 fully saturated rings. The van der Waals surface area contributed by atoms with Gasteiger partial charge in [0.05, 0.1) is 12.4 Å². The molecule has 1 aromatic rings. The predicted octanol–water partition coefficient (Wildman–Crippen LogP) is 1.64. The van der Waals surface area contributed by atoms with Crippen LogP contribution in [0.4, 0.5) is 0 Å². The lowest BCUT2D eigenvalue weighted by Crippen LogP contribution is -1.90. The van der Waals surface area contributed by atoms with E-state index in [9.17, 15) is 0 Å². The molecular weight excluding hydrogens is 200 g/mol. The first-order valence-corrected chi connectivity index (χ1v) is 6.02. The topological polar surface area (TPSA) is 59.2 Å². The molecule has 4 nitrogen and oxygen atoms in total. The number of hydrogen-bond donors (Lipinski definition) is 1. The van der Waals surface area contributed by atoms with E-state index in [-0.39, 0.29) is 6.61 Å². The molecule has 0 spiro atoms. The number of aryl methyl sites for hydroxylation is 1. The van der Waals surface area contributed by atoms with Crippen LogP contribution in [-0.4, -0.2) is 27.6 Å². The quantitative estimate of drug-likeness (QED) is 0.702. The average molecular weight is 216 g/mol. The summed E-state index contributed by atoms with van der Waals surface area (Å²) in [5.74, 6) is 2.87. The van der Waals surface area contributed by atoms with Gasteiger partial charge in [0.2, 0.25) is 5.89 Å². The molecule has 0 atom stereocenters. The Labute approximate surface area is 88.1 Å². The van der Waals surface area contributed by atoms with Crippen molar-refractivity contribution in [3.8, 4) is 0 Å². The lowest BCUT2D eigenvalue weighted by Gasteiger charge is -1.91. The van der Waals surface area contributed by atoms with Gasteiger partial charge in [-0.15, -0.1) is 11.8 Å². The number of rotatable bonds is 7. The molecular formula is C9H16N2O2S. The molecule has 0 bridgehead atoms. The van der Waals surface area contributed by atoms with Crippen LogP contribution in [0.1, 0.15) is 31.5 Å². The second-order valence-corrected chi connectivity index (χ2v) is 4.09. The summed E-state index contributed by atoms with van der Waals surface area (Å²) in [5.41, 5.74) is 0. The minimum atomic E-state index is 0.196. The smallest absolute Gasteiger partial charge is 0.236 e. The van der Waals surface area contributed by atoms with Crippen molar-refractivity contribution in [3.63, 3.8) is 0 Å². The highest BCUT2D eigenvalue weighted by Crippen LogP contribution is 2.10. The van der Waals surface area contributed by atoms with Gasteiger partial charge < -0.3 is 9.63 Å². The van der Waals surface area contributed by atoms with Crippen molar-refractivity contribution in [3.05, 3.63) is 11.7 Å². The molecule has 1 N–H and O–H groups in total. The third-order valence-electron chi connectivity index (χ3n) is 1.73. The van der Waals surface area contributed by atoms with Crippen LogP contribution in [-0.2, 0) is 12.2 Å². The average Bonchev–Trinajstić information content (AvgIpc) is 2.63. The Bertz CT molecular complexity index is 253. The molecule has 0 amide bonds. The van der Waals surface area contributed by atoms with Crippen molar-refractivity contribution in [2.45, 2.75) is 31.9 Å². The number of aromatic nitrogens is 2. The van der Waals surface area contributed by atoms with Crippen LogP contribution in [0.3, 0.4) is 0 Å². The van der Waals surface area contributed by atoms with E-state index in [1.54, 1.807) is 11.8 Å². The number of aliphatic hydroxyl groups excluding tert-OH is 1. The summed E-state index contributed by atoms with van der Waals surface area (Å²) in [4.78, 5) is 4.24. The summed E-state index contributed by atoms with van der Waals surface area (Å²) >= 11 is 1.60. The molecule has 0 saturated carbocycles. The van der Waals surface area contributed by atoms with Crippen molar-refractivity contribution in [2.24, 2.45) is 0 Å². The van der Waals surface area contributed by atoms with Crippen LogP contribution in [0.25, 0.3) is 0 Å². The molecule has 1 heterocycles. The van der Waals surface area contributed by atoms with Crippen molar-refractivity contribution in [1.82, 2.24) is 10.1 Å². The zero-order valence-electron chi connectivity index (χ0n) is 8.40. The van der Waals surface area contributed by atoms with Gasteiger partial charge in [-0.3, -0.25) is 0 Å². The monoisotopic (exact) mass is 216 g/mol. The van der Waals surface area contributed by atoms with Gasteiger partial charge in [-0.1, -0.05) is 18.5 Å². The first-order valence-electron chi connectivity index (χ1n) is 4.87. The Morgan fingerprint density at radius 2 is 2.36 bits per heavy atom. The molecule has 1 aromatic heterocycles. The molecule has 0 aliphatic carbocycles. The van der Waals surface area contributed by atoms with Gasteiger partial charge in [0.25, 0.3) is 0 Å². The van der Waals surface area contributed by atoms with Crippen LogP contribution in [0.5, 0.6) is 0 Å². The molecule has 0 saturated heterocycles. The molecule has 0 radical (unpaired) electrons. The second-order valence-electron chi connectivity index (χ2n) is 2.98. The SMILES string of the molecule is CCCCc1noc(CSCCO)n1. The summed E-state index contributed by atoms with van der Waals surface area (Å²) in [5, 5.41) is 12.4. The van der Waals surface area contributed by atoms with Crippen LogP contribution >= 0.6 is 11.8 Å². The highest BCUT2D eigenvalue weighted by atomic mass is 32.2. The number of thioether (sulfide) groups is 1. The number of hydrogen-bond acceptors (Lipinski definition) is 5. The maximum atomic E-state index is 8.58. The van der Waals surface area contributed by atoms with E-state index in [4.69, 9.17) is 9.63 Å². The molecule has 14 heavy (non-hydrogen) atoms. The lowest BCUT2D eigenvalue weighted by molar-refractivity contribution is 0.322. The highest BCUT2D eigenvalue weighted by Gasteiger charge is 2.04. The fourth-order valence-electron chi connectivity index (χ4n) is 1.01. The third kappa shape index (κ3) is 4.11. The van der Waals surface area contributed by atoms with Gasteiger partial charge >= 0.3 is 0 Å². The molecule has 0 aromatic carbocycles. The fourth-order valence-corrected chi connectivity index (χ4v) is 1.57. The van der Waals surface area contributed by atoms with Gasteiger partial charge in [0, 0.05) is 12.2 Å². The predicted molar refractivity (Wildman–Crippen MR) is 56.2 cm³/mol. The van der Waals surface area contributed by atoms with Gasteiger partial charge in [-0.25, -0.2) is 0 Å². The normalized spacial score (nSPS) is 10.7. The minimum Gasteiger partial charge on any atom is -0.396 e. The van der Waals surface area contributed by atoms with Crippen molar-refractivity contribution in [1.29, 1.82) is 0 Å². The first-order chi connectivity index (χ1) is 6.86. The fraction of sp³-hybridized carbons (Fsp3) is 0.778. The minimum absolute atomic E-state index is 0.196. The molecule has 0 unspecified atom stereocenters. The Balaban J connectivity index is 2.27. The number of nitrogens with zero attached hydrogens (tertiary/aromatic N) is 2. The summed E-state index contributed by atoms with van der Waals surface area (Å²) in [6, 6.07) is 0. The zero-order chi connectivity index (χ0) is 10.2. The first kappa shape index (κ1) is 11.5. The van der Waals surface area contributed by atoms with Crippen LogP contribution in [0.15, 0.2) is 4.52 Å². The number of aliphatic hydroxyl groups is 1. The van der Waals surface area contributed by atoms with E-state index in [1.807, 2.05) is 0 Å². The van der Waals surface area contributed by atoms with Crippen molar-refractivity contribution in [2.75, 3.05) is 12.4 Å². The summed E-state index contributed by atoms with van der Waals surface area (Å²) in [6.45, 7) is 2.33.